The number of hydrogen-bond donors (Lipinski definition) is 0. The second-order valence-electron chi connectivity index (χ2n) is 7.78. The molecule has 4 heteroatoms. The highest BCUT2D eigenvalue weighted by Gasteiger charge is 2.33. The van der Waals surface area contributed by atoms with E-state index in [-0.39, 0.29) is 0 Å². The minimum Gasteiger partial charge on any atom is -0.493 e. The summed E-state index contributed by atoms with van der Waals surface area (Å²) in [4.78, 5) is 2.60. The lowest BCUT2D eigenvalue weighted by molar-refractivity contribution is 0.114. The van der Waals surface area contributed by atoms with Gasteiger partial charge in [-0.25, -0.2) is 0 Å². The standard InChI is InChI=1S/C26H27N3O/c1-2-30-25-14-8-3-9-20(25)19-27-29-17-15-28(16-18-29)26-23-12-6-4-10-21(23)22-11-5-7-13-24(22)26/h3-14,19,26H,2,15-18H2,1H3/b27-19+. The van der Waals surface area contributed by atoms with Crippen molar-refractivity contribution in [3.63, 3.8) is 0 Å². The average Bonchev–Trinajstić information content (AvgIpc) is 3.14. The Labute approximate surface area is 178 Å². The molecule has 3 aromatic carbocycles. The Kier molecular flexibility index (Phi) is 5.24. The predicted molar refractivity (Wildman–Crippen MR) is 122 cm³/mol. The maximum atomic E-state index is 5.71. The number of hydrogen-bond acceptors (Lipinski definition) is 4. The molecule has 30 heavy (non-hydrogen) atoms. The molecule has 1 fully saturated rings. The van der Waals surface area contributed by atoms with Gasteiger partial charge in [0.15, 0.2) is 0 Å². The molecule has 0 saturated carbocycles. The van der Waals surface area contributed by atoms with E-state index in [0.29, 0.717) is 12.6 Å². The fraction of sp³-hybridized carbons (Fsp3) is 0.269. The minimum absolute atomic E-state index is 0.349. The van der Waals surface area contributed by atoms with E-state index in [4.69, 9.17) is 9.84 Å². The monoisotopic (exact) mass is 397 g/mol. The van der Waals surface area contributed by atoms with Crippen molar-refractivity contribution in [3.05, 3.63) is 89.5 Å². The van der Waals surface area contributed by atoms with Crippen LogP contribution in [0, 0.1) is 0 Å². The van der Waals surface area contributed by atoms with Gasteiger partial charge >= 0.3 is 0 Å². The van der Waals surface area contributed by atoms with E-state index >= 15 is 0 Å². The topological polar surface area (TPSA) is 28.1 Å². The summed E-state index contributed by atoms with van der Waals surface area (Å²) in [6, 6.07) is 26.1. The summed E-state index contributed by atoms with van der Waals surface area (Å²) in [7, 11) is 0. The second kappa shape index (κ2) is 8.33. The summed E-state index contributed by atoms with van der Waals surface area (Å²) < 4.78 is 5.71. The van der Waals surface area contributed by atoms with Crippen molar-refractivity contribution in [2.24, 2.45) is 5.10 Å². The van der Waals surface area contributed by atoms with Crippen LogP contribution in [0.25, 0.3) is 11.1 Å². The van der Waals surface area contributed by atoms with Crippen LogP contribution in [0.3, 0.4) is 0 Å². The van der Waals surface area contributed by atoms with Crippen LogP contribution in [-0.4, -0.2) is 48.9 Å². The van der Waals surface area contributed by atoms with Gasteiger partial charge in [-0.05, 0) is 41.3 Å². The third-order valence-corrected chi connectivity index (χ3v) is 6.04. The molecular weight excluding hydrogens is 370 g/mol. The molecule has 2 aliphatic rings. The first-order valence-corrected chi connectivity index (χ1v) is 10.8. The van der Waals surface area contributed by atoms with Gasteiger partial charge in [-0.2, -0.15) is 5.10 Å². The zero-order valence-electron chi connectivity index (χ0n) is 17.4. The summed E-state index contributed by atoms with van der Waals surface area (Å²) in [5, 5.41) is 6.92. The number of piperazine rings is 1. The molecule has 5 rings (SSSR count). The SMILES string of the molecule is CCOc1ccccc1/C=N/N1CCN(C2c3ccccc3-c3ccccc32)CC1. The molecule has 152 valence electrons. The third-order valence-electron chi connectivity index (χ3n) is 6.04. The Morgan fingerprint density at radius 3 is 2.10 bits per heavy atom. The molecule has 0 aromatic heterocycles. The van der Waals surface area contributed by atoms with Crippen LogP contribution in [0.15, 0.2) is 77.9 Å². The maximum Gasteiger partial charge on any atom is 0.128 e. The van der Waals surface area contributed by atoms with Gasteiger partial charge in [-0.3, -0.25) is 9.91 Å². The molecule has 0 spiro atoms. The van der Waals surface area contributed by atoms with Crippen LogP contribution in [0.5, 0.6) is 5.75 Å². The number of nitrogens with zero attached hydrogens (tertiary/aromatic N) is 3. The van der Waals surface area contributed by atoms with Crippen LogP contribution in [0.2, 0.25) is 0 Å². The van der Waals surface area contributed by atoms with E-state index in [1.54, 1.807) is 0 Å². The van der Waals surface area contributed by atoms with Gasteiger partial charge in [-0.1, -0.05) is 60.7 Å². The van der Waals surface area contributed by atoms with E-state index in [1.165, 1.54) is 22.3 Å². The van der Waals surface area contributed by atoms with E-state index < -0.39 is 0 Å². The zero-order chi connectivity index (χ0) is 20.3. The Hall–Kier alpha value is -3.11. The van der Waals surface area contributed by atoms with Gasteiger partial charge < -0.3 is 4.74 Å². The number of para-hydroxylation sites is 1. The summed E-state index contributed by atoms with van der Waals surface area (Å²) in [6.07, 6.45) is 1.93. The first-order valence-electron chi connectivity index (χ1n) is 10.8. The first kappa shape index (κ1) is 18.9. The smallest absolute Gasteiger partial charge is 0.128 e. The molecule has 1 saturated heterocycles. The number of hydrazone groups is 1. The lowest BCUT2D eigenvalue weighted by atomic mass is 10.0. The van der Waals surface area contributed by atoms with Crippen LogP contribution >= 0.6 is 0 Å². The van der Waals surface area contributed by atoms with Crippen molar-refractivity contribution in [2.75, 3.05) is 32.8 Å². The van der Waals surface area contributed by atoms with E-state index in [1.807, 2.05) is 31.3 Å². The quantitative estimate of drug-likeness (QED) is 0.579. The van der Waals surface area contributed by atoms with Crippen LogP contribution in [-0.2, 0) is 0 Å². The van der Waals surface area contributed by atoms with Crippen LogP contribution < -0.4 is 4.74 Å². The lowest BCUT2D eigenvalue weighted by Crippen LogP contribution is -2.45. The second-order valence-corrected chi connectivity index (χ2v) is 7.78. The van der Waals surface area contributed by atoms with E-state index in [2.05, 4.69) is 64.5 Å². The van der Waals surface area contributed by atoms with Gasteiger partial charge in [0.2, 0.25) is 0 Å². The van der Waals surface area contributed by atoms with Crippen LogP contribution in [0.4, 0.5) is 0 Å². The molecule has 0 N–H and O–H groups in total. The first-order chi connectivity index (χ1) is 14.8. The normalized spacial score (nSPS) is 16.6. The fourth-order valence-corrected chi connectivity index (χ4v) is 4.63. The lowest BCUT2D eigenvalue weighted by Gasteiger charge is -2.37. The van der Waals surface area contributed by atoms with Gasteiger partial charge in [0.1, 0.15) is 5.75 Å². The van der Waals surface area contributed by atoms with Crippen molar-refractivity contribution in [3.8, 4) is 16.9 Å². The molecule has 3 aromatic rings. The van der Waals surface area contributed by atoms with Gasteiger partial charge in [0.25, 0.3) is 0 Å². The summed E-state index contributed by atoms with van der Waals surface area (Å²) in [6.45, 7) is 6.51. The van der Waals surface area contributed by atoms with Crippen LogP contribution in [0.1, 0.15) is 29.7 Å². The predicted octanol–water partition coefficient (Wildman–Crippen LogP) is 4.81. The molecule has 0 bridgehead atoms. The van der Waals surface area contributed by atoms with Gasteiger partial charge in [0, 0.05) is 31.7 Å². The number of fused-ring (bicyclic) bond motifs is 3. The molecule has 1 aliphatic carbocycles. The zero-order valence-corrected chi connectivity index (χ0v) is 17.4. The number of ether oxygens (including phenoxy) is 1. The summed E-state index contributed by atoms with van der Waals surface area (Å²) in [5.41, 5.74) is 6.65. The van der Waals surface area contributed by atoms with Gasteiger partial charge in [0.05, 0.1) is 18.9 Å². The highest BCUT2D eigenvalue weighted by atomic mass is 16.5. The molecule has 0 radical (unpaired) electrons. The molecule has 1 aliphatic heterocycles. The fourth-order valence-electron chi connectivity index (χ4n) is 4.63. The van der Waals surface area contributed by atoms with Crippen molar-refractivity contribution in [2.45, 2.75) is 13.0 Å². The number of rotatable bonds is 5. The highest BCUT2D eigenvalue weighted by Crippen LogP contribution is 2.46. The van der Waals surface area contributed by atoms with E-state index in [0.717, 1.165) is 37.5 Å². The molecule has 0 unspecified atom stereocenters. The molecule has 1 heterocycles. The minimum atomic E-state index is 0.349. The maximum absolute atomic E-state index is 5.71. The molecular formula is C26H27N3O. The Bertz CT molecular complexity index is 1010. The van der Waals surface area contributed by atoms with Crippen molar-refractivity contribution in [1.29, 1.82) is 0 Å². The van der Waals surface area contributed by atoms with Gasteiger partial charge in [-0.15, -0.1) is 0 Å². The Morgan fingerprint density at radius 1 is 0.833 bits per heavy atom. The van der Waals surface area contributed by atoms with E-state index in [9.17, 15) is 0 Å². The summed E-state index contributed by atoms with van der Waals surface area (Å²) >= 11 is 0. The molecule has 0 amide bonds. The Balaban J connectivity index is 1.30. The molecule has 0 atom stereocenters. The van der Waals surface area contributed by atoms with Crippen molar-refractivity contribution in [1.82, 2.24) is 9.91 Å². The molecule has 4 nitrogen and oxygen atoms in total. The highest BCUT2D eigenvalue weighted by molar-refractivity contribution is 5.83. The third kappa shape index (κ3) is 3.48. The van der Waals surface area contributed by atoms with Crippen molar-refractivity contribution >= 4 is 6.21 Å². The average molecular weight is 398 g/mol. The largest absolute Gasteiger partial charge is 0.493 e. The number of benzene rings is 3. The summed E-state index contributed by atoms with van der Waals surface area (Å²) in [5.74, 6) is 0.890. The Morgan fingerprint density at radius 2 is 1.43 bits per heavy atom. The van der Waals surface area contributed by atoms with Crippen molar-refractivity contribution < 1.29 is 4.74 Å².